The lowest BCUT2D eigenvalue weighted by atomic mass is 9.40. The fourth-order valence-electron chi connectivity index (χ4n) is 40.0. The zero-order valence-electron chi connectivity index (χ0n) is 91.7. The van der Waals surface area contributed by atoms with Crippen molar-refractivity contribution in [1.29, 1.82) is 0 Å². The molecule has 8 unspecified atom stereocenters. The summed E-state index contributed by atoms with van der Waals surface area (Å²) in [5, 5.41) is 0. The Balaban J connectivity index is 0.000000110. The van der Waals surface area contributed by atoms with Gasteiger partial charge in [-0.2, -0.15) is 0 Å². The second-order valence-corrected chi connectivity index (χ2v) is 62.8. The molecule has 0 saturated heterocycles. The highest BCUT2D eigenvalue weighted by molar-refractivity contribution is 5.11. The van der Waals surface area contributed by atoms with Crippen molar-refractivity contribution in [2.24, 2.45) is 247 Å². The average Bonchev–Trinajstić information content (AvgIpc) is 0.880. The van der Waals surface area contributed by atoms with E-state index in [0.717, 1.165) is 177 Å². The molecule has 0 N–H and O–H groups in total. The molecule has 30 fully saturated rings. The Labute approximate surface area is 769 Å². The van der Waals surface area contributed by atoms with Crippen molar-refractivity contribution in [2.45, 2.75) is 522 Å². The number of hydrogen-bond acceptors (Lipinski definition) is 0. The minimum absolute atomic E-state index is 0.0139. The minimum atomic E-state index is -1.00. The molecule has 0 spiro atoms. The maximum atomic E-state index is 8.72. The van der Waals surface area contributed by atoms with Gasteiger partial charge in [0.1, 0.15) is 0 Å². The number of rotatable bonds is 4. The van der Waals surface area contributed by atoms with Crippen LogP contribution in [-0.4, -0.2) is 0 Å². The molecule has 0 aromatic heterocycles. The predicted octanol–water partition coefficient (Wildman–Crippen LogP) is 38.0. The summed E-state index contributed by atoms with van der Waals surface area (Å²) in [5.41, 5.74) is 6.22. The van der Waals surface area contributed by atoms with Crippen LogP contribution in [0.1, 0.15) is 527 Å². The molecule has 0 radical (unpaired) electrons. The summed E-state index contributed by atoms with van der Waals surface area (Å²) in [6, 6.07) is 0. The second-order valence-electron chi connectivity index (χ2n) is 62.8. The van der Waals surface area contributed by atoms with Gasteiger partial charge in [-0.1, -0.05) is 239 Å². The summed E-state index contributed by atoms with van der Waals surface area (Å²) in [7, 11) is 0. The van der Waals surface area contributed by atoms with Gasteiger partial charge in [-0.15, -0.1) is 0 Å². The van der Waals surface area contributed by atoms with Crippen LogP contribution in [0, 0.1) is 247 Å². The fraction of sp³-hybridized carbons (Fsp3) is 1.00. The Bertz CT molecular complexity index is 3360. The number of fused-ring (bicyclic) bond motifs is 10. The first kappa shape index (κ1) is 91.1. The van der Waals surface area contributed by atoms with Gasteiger partial charge >= 0.3 is 0 Å². The zero-order chi connectivity index (χ0) is 91.7. The lowest BCUT2D eigenvalue weighted by molar-refractivity contribution is -0.153. The molecular weight excluding hydrogens is 1470 g/mol. The quantitative estimate of drug-likeness (QED) is 0.263. The van der Waals surface area contributed by atoms with Gasteiger partial charge in [0, 0.05) is 5.48 Å². The van der Waals surface area contributed by atoms with Crippen molar-refractivity contribution in [3.8, 4) is 0 Å². The zero-order valence-corrected chi connectivity index (χ0v) is 87.7. The maximum Gasteiger partial charge on any atom is 0.0278 e. The first-order chi connectivity index (χ1) is 58.0. The van der Waals surface area contributed by atoms with Gasteiger partial charge in [0.2, 0.25) is 0 Å². The smallest absolute Gasteiger partial charge is 0.0278 e. The monoisotopic (exact) mass is 1690 g/mol. The van der Waals surface area contributed by atoms with Crippen LogP contribution in [0.2, 0.25) is 0 Å². The van der Waals surface area contributed by atoms with Crippen LogP contribution in [0.5, 0.6) is 0 Å². The molecule has 30 aliphatic rings. The second kappa shape index (κ2) is 35.7. The third kappa shape index (κ3) is 22.5. The summed E-state index contributed by atoms with van der Waals surface area (Å²) in [5.74, 6) is 29.6. The molecule has 8 atom stereocenters. The Morgan fingerprint density at radius 1 is 0.246 bits per heavy atom. The molecule has 0 aromatic carbocycles. The van der Waals surface area contributed by atoms with Crippen LogP contribution in [0.25, 0.3) is 0 Å². The van der Waals surface area contributed by atoms with Gasteiger partial charge in [0.15, 0.2) is 0 Å². The Morgan fingerprint density at radius 3 is 0.877 bits per heavy atom. The van der Waals surface area contributed by atoms with E-state index in [4.69, 9.17) is 5.48 Å². The summed E-state index contributed by atoms with van der Waals surface area (Å²) in [6.07, 6.45) is 69.9. The van der Waals surface area contributed by atoms with Crippen LogP contribution in [0.4, 0.5) is 0 Å². The molecule has 30 aliphatic carbocycles. The van der Waals surface area contributed by atoms with E-state index < -0.39 is 12.7 Å². The largest absolute Gasteiger partial charge is 0.0602 e. The minimum Gasteiger partial charge on any atom is -0.0602 e. The highest BCUT2D eigenvalue weighted by Crippen LogP contribution is 2.71. The van der Waals surface area contributed by atoms with Crippen LogP contribution in [0.15, 0.2) is 0 Å². The normalized spacial score (nSPS) is 48.0. The third-order valence-corrected chi connectivity index (χ3v) is 43.5. The van der Waals surface area contributed by atoms with E-state index in [1.807, 2.05) is 20.8 Å². The van der Waals surface area contributed by atoms with Crippen molar-refractivity contribution in [3.63, 3.8) is 0 Å². The maximum absolute atomic E-state index is 8.72. The summed E-state index contributed by atoms with van der Waals surface area (Å²) < 4.78 is 34.0. The first-order valence-corrected chi connectivity index (χ1v) is 56.0. The molecule has 122 heavy (non-hydrogen) atoms. The SMILES string of the molecule is CC(C)(C)C1(C)C2CC3CC(C2)CC1C3.CC(C)(C)C1(C)CC2CCC1CC2.CC(C)(C)C12CC3CC(CC(C3)C1)C2.CC(C)(C)C1C2CC3CC(C2)CC1C3.CC(C)(C)C1CC2CCC1CC2.CC(C)(C)CC12CC3CC(CC(C3)C1)C2.CC(C)(C)CC1CC2CCC1C2.[2H]C([2H])(C(C)(C)C)C12CC3CC(CC(C3)C1)C2.[2H]C([2H])(C1CC2CCC1C2)C(C)(C)C. The first-order valence-electron chi connectivity index (χ1n) is 58.0. The lowest BCUT2D eigenvalue weighted by Crippen LogP contribution is -2.56. The van der Waals surface area contributed by atoms with Crippen molar-refractivity contribution < 1.29 is 5.48 Å². The molecule has 0 amide bonds. The Kier molecular flexibility index (Phi) is 26.6. The van der Waals surface area contributed by atoms with E-state index in [0.29, 0.717) is 60.6 Å². The summed E-state index contributed by atoms with van der Waals surface area (Å²) in [6.45, 7) is 68.9. The molecule has 28 bridgehead atoms. The van der Waals surface area contributed by atoms with Gasteiger partial charge < -0.3 is 0 Å². The summed E-state index contributed by atoms with van der Waals surface area (Å²) in [4.78, 5) is 0. The fourth-order valence-corrected chi connectivity index (χ4v) is 40.0. The van der Waals surface area contributed by atoms with Crippen molar-refractivity contribution in [3.05, 3.63) is 0 Å². The highest BCUT2D eigenvalue weighted by atomic mass is 14.7. The molecule has 0 aromatic rings. The standard InChI is InChI=1S/3C15H26.2C14H24.C13H24.3C12H22/c2*1-14(2,3)10-15-7-11-4-12(8-15)6-13(5-11)9-15;1-14(2,3)15(4)12-6-10-5-11(8-12)9-13(15)7-10;1-13(2,3)14-7-10-4-11(8-14)6-12(5-10)9-14;1-14(2,3)13-11-5-9-4-10(7-11)8-12(13)6-9;1-12(2,3)13(4)9-10-5-7-11(13)8-6-10;1-12(2,3)11-8-9-4-6-10(11)7-5-9;2*1-12(2,3)8-11-7-9-4-5-10(11)6-9/h2*11-13H,4-10H2,1-3H3;10-13H,5-9H2,1-4H3;10-12H,4-9H2,1-3H3;9-13H,4-8H2,1-3H3;10-11H,5-9H2,1-4H3;3*9-11H,4-8H2,1-3H3/i10D2;;;;;;;8D2;. The van der Waals surface area contributed by atoms with E-state index in [-0.39, 0.29) is 16.2 Å². The number of hydrogen-bond donors (Lipinski definition) is 0. The van der Waals surface area contributed by atoms with Crippen molar-refractivity contribution >= 4 is 0 Å². The predicted molar refractivity (Wildman–Crippen MR) is 531 cm³/mol. The van der Waals surface area contributed by atoms with E-state index in [9.17, 15) is 0 Å². The third-order valence-electron chi connectivity index (χ3n) is 43.5. The molecule has 0 heterocycles. The van der Waals surface area contributed by atoms with Crippen LogP contribution in [-0.2, 0) is 0 Å². The van der Waals surface area contributed by atoms with E-state index in [2.05, 4.69) is 180 Å². The van der Waals surface area contributed by atoms with E-state index in [1.54, 1.807) is 167 Å². The molecule has 704 valence electrons. The molecular formula is C122H216. The van der Waals surface area contributed by atoms with Gasteiger partial charge in [-0.3, -0.25) is 0 Å². The van der Waals surface area contributed by atoms with Gasteiger partial charge in [-0.05, 0) is 530 Å². The molecule has 30 rings (SSSR count). The Hall–Kier alpha value is 0. The van der Waals surface area contributed by atoms with E-state index >= 15 is 0 Å². The van der Waals surface area contributed by atoms with Gasteiger partial charge in [0.05, 0.1) is 0 Å². The van der Waals surface area contributed by atoms with Crippen LogP contribution >= 0.6 is 0 Å². The Morgan fingerprint density at radius 2 is 0.598 bits per heavy atom. The van der Waals surface area contributed by atoms with Gasteiger partial charge in [-0.25, -0.2) is 0 Å². The average molecular weight is 1690 g/mol. The lowest BCUT2D eigenvalue weighted by Gasteiger charge is -2.65. The highest BCUT2D eigenvalue weighted by Gasteiger charge is 2.61. The van der Waals surface area contributed by atoms with Crippen LogP contribution < -0.4 is 0 Å². The molecule has 30 saturated carbocycles. The molecule has 0 nitrogen and oxygen atoms in total. The van der Waals surface area contributed by atoms with Crippen LogP contribution in [0.3, 0.4) is 0 Å². The van der Waals surface area contributed by atoms with Gasteiger partial charge in [0.25, 0.3) is 0 Å². The molecule has 0 aliphatic heterocycles. The van der Waals surface area contributed by atoms with Crippen molar-refractivity contribution in [2.75, 3.05) is 0 Å². The van der Waals surface area contributed by atoms with Crippen molar-refractivity contribution in [1.82, 2.24) is 0 Å². The molecule has 0 heteroatoms. The van der Waals surface area contributed by atoms with E-state index in [1.165, 1.54) is 135 Å². The topological polar surface area (TPSA) is 0 Å². The summed E-state index contributed by atoms with van der Waals surface area (Å²) >= 11 is 0.